The van der Waals surface area contributed by atoms with Crippen molar-refractivity contribution in [1.29, 1.82) is 0 Å². The number of likely N-dealkylation sites (tertiary alicyclic amines) is 2. The van der Waals surface area contributed by atoms with Crippen LogP contribution in [0, 0.1) is 17.7 Å². The van der Waals surface area contributed by atoms with Gasteiger partial charge in [0.25, 0.3) is 0 Å². The lowest BCUT2D eigenvalue weighted by Gasteiger charge is -2.32. The van der Waals surface area contributed by atoms with Gasteiger partial charge in [-0.1, -0.05) is 25.0 Å². The lowest BCUT2D eigenvalue weighted by atomic mass is 9.89. The maximum atomic E-state index is 13.8. The first-order valence-electron chi connectivity index (χ1n) is 9.50. The highest BCUT2D eigenvalue weighted by Gasteiger charge is 2.51. The lowest BCUT2D eigenvalue weighted by molar-refractivity contribution is -0.136. The van der Waals surface area contributed by atoms with Gasteiger partial charge in [0, 0.05) is 38.4 Å². The van der Waals surface area contributed by atoms with Crippen molar-refractivity contribution in [3.05, 3.63) is 35.6 Å². The van der Waals surface area contributed by atoms with Crippen LogP contribution in [0.25, 0.3) is 0 Å². The number of benzene rings is 1. The first kappa shape index (κ1) is 17.5. The summed E-state index contributed by atoms with van der Waals surface area (Å²) >= 11 is 0. The SMILES string of the molecule is CC(=O)N1C[C@H]2CN(C(=O)C3(N)CCCC3)C[C@H]2[C@H]1c1cccc(F)c1. The molecular weight excluding hydrogens is 333 g/mol. The minimum atomic E-state index is -0.715. The van der Waals surface area contributed by atoms with Crippen molar-refractivity contribution >= 4 is 11.8 Å². The van der Waals surface area contributed by atoms with Gasteiger partial charge >= 0.3 is 0 Å². The quantitative estimate of drug-likeness (QED) is 0.879. The number of carbonyl (C=O) groups excluding carboxylic acids is 2. The van der Waals surface area contributed by atoms with Gasteiger partial charge in [-0.05, 0) is 30.5 Å². The number of nitrogens with zero attached hydrogens (tertiary/aromatic N) is 2. The van der Waals surface area contributed by atoms with Gasteiger partial charge in [-0.3, -0.25) is 9.59 Å². The van der Waals surface area contributed by atoms with E-state index in [9.17, 15) is 14.0 Å². The zero-order valence-corrected chi connectivity index (χ0v) is 15.2. The number of hydrogen-bond donors (Lipinski definition) is 1. The molecule has 0 bridgehead atoms. The van der Waals surface area contributed by atoms with Crippen LogP contribution in [0.5, 0.6) is 0 Å². The van der Waals surface area contributed by atoms with E-state index < -0.39 is 5.54 Å². The number of amides is 2. The summed E-state index contributed by atoms with van der Waals surface area (Å²) in [6.45, 7) is 3.40. The Hall–Kier alpha value is -1.95. The lowest BCUT2D eigenvalue weighted by Crippen LogP contribution is -2.53. The number of carbonyl (C=O) groups is 2. The van der Waals surface area contributed by atoms with Crippen LogP contribution in [0.2, 0.25) is 0 Å². The van der Waals surface area contributed by atoms with Gasteiger partial charge in [-0.15, -0.1) is 0 Å². The average Bonchev–Trinajstić information content (AvgIpc) is 3.28. The van der Waals surface area contributed by atoms with Crippen molar-refractivity contribution < 1.29 is 14.0 Å². The Balaban J connectivity index is 1.58. The van der Waals surface area contributed by atoms with Crippen LogP contribution in [-0.2, 0) is 9.59 Å². The third kappa shape index (κ3) is 2.80. The summed E-state index contributed by atoms with van der Waals surface area (Å²) in [4.78, 5) is 28.9. The zero-order chi connectivity index (χ0) is 18.5. The van der Waals surface area contributed by atoms with Crippen LogP contribution >= 0.6 is 0 Å². The second-order valence-corrected chi connectivity index (χ2v) is 8.17. The molecule has 1 aromatic rings. The smallest absolute Gasteiger partial charge is 0.242 e. The summed E-state index contributed by atoms with van der Waals surface area (Å²) in [5, 5.41) is 0. The number of nitrogens with two attached hydrogens (primary N) is 1. The monoisotopic (exact) mass is 359 g/mol. The molecule has 140 valence electrons. The first-order chi connectivity index (χ1) is 12.4. The number of rotatable bonds is 2. The Labute approximate surface area is 153 Å². The van der Waals surface area contributed by atoms with E-state index in [1.54, 1.807) is 13.0 Å². The van der Waals surface area contributed by atoms with Crippen LogP contribution in [-0.4, -0.2) is 46.8 Å². The molecule has 3 fully saturated rings. The molecule has 1 aliphatic carbocycles. The molecule has 1 aromatic carbocycles. The molecule has 2 N–H and O–H groups in total. The molecular formula is C20H26FN3O2. The van der Waals surface area contributed by atoms with Crippen LogP contribution in [0.15, 0.2) is 24.3 Å². The average molecular weight is 359 g/mol. The van der Waals surface area contributed by atoms with Crippen LogP contribution in [0.1, 0.15) is 44.2 Å². The summed E-state index contributed by atoms with van der Waals surface area (Å²) in [6.07, 6.45) is 3.52. The fraction of sp³-hybridized carbons (Fsp3) is 0.600. The van der Waals surface area contributed by atoms with Gasteiger partial charge in [0.2, 0.25) is 11.8 Å². The zero-order valence-electron chi connectivity index (χ0n) is 15.2. The van der Waals surface area contributed by atoms with Gasteiger partial charge in [0.05, 0.1) is 11.6 Å². The molecule has 0 spiro atoms. The fourth-order valence-corrected chi connectivity index (χ4v) is 5.19. The van der Waals surface area contributed by atoms with E-state index in [4.69, 9.17) is 5.73 Å². The van der Waals surface area contributed by atoms with Crippen molar-refractivity contribution in [3.8, 4) is 0 Å². The highest BCUT2D eigenvalue weighted by atomic mass is 19.1. The van der Waals surface area contributed by atoms with E-state index >= 15 is 0 Å². The van der Waals surface area contributed by atoms with E-state index in [1.807, 2.05) is 15.9 Å². The van der Waals surface area contributed by atoms with E-state index in [2.05, 4.69) is 0 Å². The van der Waals surface area contributed by atoms with E-state index in [0.717, 1.165) is 31.2 Å². The second-order valence-electron chi connectivity index (χ2n) is 8.17. The minimum Gasteiger partial charge on any atom is -0.340 e. The van der Waals surface area contributed by atoms with Gasteiger partial charge in [0.15, 0.2) is 0 Å². The Morgan fingerprint density at radius 1 is 1.19 bits per heavy atom. The second kappa shape index (κ2) is 6.34. The van der Waals surface area contributed by atoms with Crippen LogP contribution < -0.4 is 5.73 Å². The van der Waals surface area contributed by atoms with Gasteiger partial charge in [-0.2, -0.15) is 0 Å². The predicted molar refractivity (Wildman–Crippen MR) is 95.5 cm³/mol. The predicted octanol–water partition coefficient (Wildman–Crippen LogP) is 2.07. The van der Waals surface area contributed by atoms with Crippen molar-refractivity contribution in [3.63, 3.8) is 0 Å². The maximum absolute atomic E-state index is 13.8. The molecule has 2 aliphatic heterocycles. The minimum absolute atomic E-state index is 0.00220. The molecule has 2 saturated heterocycles. The Morgan fingerprint density at radius 3 is 2.58 bits per heavy atom. The molecule has 6 heteroatoms. The Bertz CT molecular complexity index is 732. The number of hydrogen-bond acceptors (Lipinski definition) is 3. The molecule has 1 saturated carbocycles. The molecule has 0 unspecified atom stereocenters. The van der Waals surface area contributed by atoms with Gasteiger partial charge < -0.3 is 15.5 Å². The summed E-state index contributed by atoms with van der Waals surface area (Å²) in [7, 11) is 0. The molecule has 26 heavy (non-hydrogen) atoms. The van der Waals surface area contributed by atoms with E-state index in [1.165, 1.54) is 12.1 Å². The standard InChI is InChI=1S/C20H26FN3O2/c1-13(25)24-11-15-10-23(19(26)20(22)7-2-3-8-20)12-17(15)18(24)14-5-4-6-16(21)9-14/h4-6,9,15,17-18H,2-3,7-8,10-12,22H2,1H3/t15-,17-,18-/m1/s1. The van der Waals surface area contributed by atoms with Crippen LogP contribution in [0.3, 0.4) is 0 Å². The maximum Gasteiger partial charge on any atom is 0.242 e. The molecule has 5 nitrogen and oxygen atoms in total. The topological polar surface area (TPSA) is 66.6 Å². The molecule has 2 amide bonds. The first-order valence-corrected chi connectivity index (χ1v) is 9.50. The highest BCUT2D eigenvalue weighted by molar-refractivity contribution is 5.87. The normalized spacial score (nSPS) is 29.9. The summed E-state index contributed by atoms with van der Waals surface area (Å²) in [6, 6.07) is 6.30. The van der Waals surface area contributed by atoms with Gasteiger partial charge in [0.1, 0.15) is 5.82 Å². The van der Waals surface area contributed by atoms with E-state index in [-0.39, 0.29) is 35.5 Å². The molecule has 3 aliphatic rings. The summed E-state index contributed by atoms with van der Waals surface area (Å²) < 4.78 is 13.8. The molecule has 0 radical (unpaired) electrons. The Kier molecular flexibility index (Phi) is 4.26. The summed E-state index contributed by atoms with van der Waals surface area (Å²) in [5.41, 5.74) is 6.46. The van der Waals surface area contributed by atoms with E-state index in [0.29, 0.717) is 19.6 Å². The van der Waals surface area contributed by atoms with Crippen molar-refractivity contribution in [2.75, 3.05) is 19.6 Å². The molecule has 4 rings (SSSR count). The van der Waals surface area contributed by atoms with Crippen molar-refractivity contribution in [2.45, 2.75) is 44.2 Å². The summed E-state index contributed by atoms with van der Waals surface area (Å²) in [5.74, 6) is 0.109. The van der Waals surface area contributed by atoms with Crippen LogP contribution in [0.4, 0.5) is 4.39 Å². The number of fused-ring (bicyclic) bond motifs is 1. The van der Waals surface area contributed by atoms with Crippen molar-refractivity contribution in [1.82, 2.24) is 9.80 Å². The fourth-order valence-electron chi connectivity index (χ4n) is 5.19. The number of halogens is 1. The molecule has 2 heterocycles. The van der Waals surface area contributed by atoms with Crippen molar-refractivity contribution in [2.24, 2.45) is 17.6 Å². The Morgan fingerprint density at radius 2 is 1.92 bits per heavy atom. The highest BCUT2D eigenvalue weighted by Crippen LogP contribution is 2.46. The third-order valence-corrected chi connectivity index (χ3v) is 6.47. The molecule has 3 atom stereocenters. The molecule has 0 aromatic heterocycles. The third-order valence-electron chi connectivity index (χ3n) is 6.47. The van der Waals surface area contributed by atoms with Gasteiger partial charge in [-0.25, -0.2) is 4.39 Å². The largest absolute Gasteiger partial charge is 0.340 e.